The van der Waals surface area contributed by atoms with E-state index < -0.39 is 58.6 Å². The van der Waals surface area contributed by atoms with E-state index in [-0.39, 0.29) is 63.6 Å². The number of aryl methyl sites for hydroxylation is 1. The molecule has 3 aromatic rings. The molecule has 3 saturated heterocycles. The van der Waals surface area contributed by atoms with Gasteiger partial charge in [0.15, 0.2) is 5.82 Å². The van der Waals surface area contributed by atoms with Crippen LogP contribution in [0.2, 0.25) is 0 Å². The van der Waals surface area contributed by atoms with Crippen molar-refractivity contribution in [2.75, 3.05) is 30.4 Å². The second-order valence-electron chi connectivity index (χ2n) is 13.5. The lowest BCUT2D eigenvalue weighted by Crippen LogP contribution is -2.66. The molecule has 0 radical (unpaired) electrons. The highest BCUT2D eigenvalue weighted by Crippen LogP contribution is 2.47. The van der Waals surface area contributed by atoms with Gasteiger partial charge in [-0.25, -0.2) is 18.7 Å². The second kappa shape index (κ2) is 10.7. The Balaban J connectivity index is 1.51. The van der Waals surface area contributed by atoms with Gasteiger partial charge >= 0.3 is 6.18 Å². The summed E-state index contributed by atoms with van der Waals surface area (Å²) in [6, 6.07) is 1.50. The molecule has 6 heterocycles. The number of nitrogens with one attached hydrogen (secondary N) is 2. The van der Waals surface area contributed by atoms with Crippen molar-refractivity contribution in [2.24, 2.45) is 0 Å². The normalized spacial score (nSPS) is 28.2. The molecule has 4 aliphatic heterocycles. The van der Waals surface area contributed by atoms with E-state index in [2.05, 4.69) is 29.1 Å². The fraction of sp³-hybridized carbons (Fsp3) is 0.485. The minimum absolute atomic E-state index is 0.0288. The van der Waals surface area contributed by atoms with Gasteiger partial charge in [0.2, 0.25) is 5.88 Å². The number of benzene rings is 1. The fourth-order valence-corrected chi connectivity index (χ4v) is 7.77. The summed E-state index contributed by atoms with van der Waals surface area (Å²) in [5.41, 5.74) is 2.69. The number of hydrogen-bond acceptors (Lipinski definition) is 8. The minimum Gasteiger partial charge on any atom is -0.472 e. The number of halogens is 5. The fourth-order valence-electron chi connectivity index (χ4n) is 7.77. The summed E-state index contributed by atoms with van der Waals surface area (Å²) in [4.78, 5) is 25.4. The Morgan fingerprint density at radius 3 is 2.70 bits per heavy atom. The van der Waals surface area contributed by atoms with Crippen LogP contribution in [0, 0.1) is 18.6 Å². The molecule has 4 N–H and O–H groups in total. The van der Waals surface area contributed by atoms with E-state index in [0.29, 0.717) is 19.6 Å². The lowest BCUT2D eigenvalue weighted by Gasteiger charge is -2.46. The van der Waals surface area contributed by atoms with Crippen LogP contribution in [0.25, 0.3) is 22.0 Å². The molecular formula is C33H35F5N6O3. The number of rotatable bonds is 5. The number of piperazine rings is 1. The topological polar surface area (TPSA) is 115 Å². The molecule has 9 nitrogen and oxygen atoms in total. The van der Waals surface area contributed by atoms with Crippen LogP contribution >= 0.6 is 0 Å². The Labute approximate surface area is 267 Å². The maximum absolute atomic E-state index is 17.1. The van der Waals surface area contributed by atoms with Gasteiger partial charge in [-0.3, -0.25) is 4.79 Å². The number of amides is 1. The Hall–Kier alpha value is -4.04. The quantitative estimate of drug-likeness (QED) is 0.197. The van der Waals surface area contributed by atoms with Crippen LogP contribution in [0.1, 0.15) is 54.7 Å². The van der Waals surface area contributed by atoms with E-state index in [0.717, 1.165) is 25.0 Å². The highest BCUT2D eigenvalue weighted by Gasteiger charge is 2.52. The number of aromatic nitrogens is 2. The molecule has 7 rings (SSSR count). The van der Waals surface area contributed by atoms with E-state index in [9.17, 15) is 18.0 Å². The van der Waals surface area contributed by atoms with Crippen LogP contribution in [0.3, 0.4) is 0 Å². The number of nitrogen functional groups attached to an aromatic ring is 1. The molecule has 1 amide bonds. The maximum atomic E-state index is 17.1. The predicted octanol–water partition coefficient (Wildman–Crippen LogP) is 5.13. The third-order valence-electron chi connectivity index (χ3n) is 10.0. The third-order valence-corrected chi connectivity index (χ3v) is 10.0. The lowest BCUT2D eigenvalue weighted by molar-refractivity contribution is -0.127. The first-order chi connectivity index (χ1) is 22.1. The Bertz CT molecular complexity index is 1830. The summed E-state index contributed by atoms with van der Waals surface area (Å²) < 4.78 is 85.2. The highest BCUT2D eigenvalue weighted by atomic mass is 19.4. The van der Waals surface area contributed by atoms with Crippen LogP contribution in [0.5, 0.6) is 5.88 Å². The maximum Gasteiger partial charge on any atom is 0.393 e. The van der Waals surface area contributed by atoms with Crippen molar-refractivity contribution in [2.45, 2.75) is 81.9 Å². The van der Waals surface area contributed by atoms with Gasteiger partial charge in [-0.05, 0) is 57.7 Å². The monoisotopic (exact) mass is 658 g/mol. The van der Waals surface area contributed by atoms with Gasteiger partial charge in [-0.2, -0.15) is 13.2 Å². The highest BCUT2D eigenvalue weighted by molar-refractivity contribution is 6.07. The van der Waals surface area contributed by atoms with Crippen molar-refractivity contribution in [3.05, 3.63) is 53.2 Å². The van der Waals surface area contributed by atoms with Crippen LogP contribution in [-0.2, 0) is 11.2 Å². The van der Waals surface area contributed by atoms with Crippen molar-refractivity contribution in [1.29, 1.82) is 0 Å². The van der Waals surface area contributed by atoms with Crippen molar-refractivity contribution in [1.82, 2.24) is 20.6 Å². The van der Waals surface area contributed by atoms with E-state index in [1.54, 1.807) is 6.08 Å². The second-order valence-corrected chi connectivity index (χ2v) is 13.5. The molecule has 1 aromatic carbocycles. The predicted molar refractivity (Wildman–Crippen MR) is 165 cm³/mol. The number of nitrogens with two attached hydrogens (primary N) is 1. The van der Waals surface area contributed by atoms with E-state index in [1.807, 2.05) is 11.8 Å². The summed E-state index contributed by atoms with van der Waals surface area (Å²) in [7, 11) is 0. The number of pyridine rings is 2. The molecule has 0 saturated carbocycles. The average Bonchev–Trinajstić information content (AvgIpc) is 3.55. The van der Waals surface area contributed by atoms with Gasteiger partial charge in [-0.15, -0.1) is 6.58 Å². The molecule has 2 bridgehead atoms. The summed E-state index contributed by atoms with van der Waals surface area (Å²) >= 11 is 0. The summed E-state index contributed by atoms with van der Waals surface area (Å²) in [5, 5.41) is 6.71. The minimum atomic E-state index is -4.81. The Kier molecular flexibility index (Phi) is 7.21. The zero-order valence-corrected chi connectivity index (χ0v) is 26.2. The molecule has 47 heavy (non-hydrogen) atoms. The molecule has 250 valence electrons. The molecule has 3 fully saturated rings. The largest absolute Gasteiger partial charge is 0.472 e. The van der Waals surface area contributed by atoms with Crippen molar-refractivity contribution in [3.63, 3.8) is 0 Å². The molecule has 14 heteroatoms. The molecule has 0 aliphatic carbocycles. The smallest absolute Gasteiger partial charge is 0.393 e. The van der Waals surface area contributed by atoms with Crippen LogP contribution in [0.4, 0.5) is 33.5 Å². The molecule has 4 aliphatic rings. The number of anilines is 2. The lowest BCUT2D eigenvalue weighted by atomic mass is 9.94. The number of alkyl halides is 3. The molecule has 2 aromatic heterocycles. The molecule has 0 spiro atoms. The Morgan fingerprint density at radius 1 is 1.26 bits per heavy atom. The summed E-state index contributed by atoms with van der Waals surface area (Å²) in [5.74, 6) is -2.69. The van der Waals surface area contributed by atoms with E-state index in [1.165, 1.54) is 6.92 Å². The van der Waals surface area contributed by atoms with Gasteiger partial charge in [0.05, 0.1) is 30.0 Å². The van der Waals surface area contributed by atoms with Crippen LogP contribution in [0.15, 0.2) is 24.8 Å². The first-order valence-corrected chi connectivity index (χ1v) is 15.6. The molecule has 0 unspecified atom stereocenters. The van der Waals surface area contributed by atoms with Crippen LogP contribution < -0.4 is 26.0 Å². The number of fused-ring (bicyclic) bond motifs is 5. The Morgan fingerprint density at radius 2 is 2.02 bits per heavy atom. The number of carbonyl (C=O) groups excluding carboxylic acids is 1. The van der Waals surface area contributed by atoms with Crippen LogP contribution in [-0.4, -0.2) is 71.1 Å². The molecule has 5 atom stereocenters. The number of nitrogens with zero attached hydrogens (tertiary/aromatic N) is 3. The number of hydrogen-bond donors (Lipinski definition) is 3. The average molecular weight is 659 g/mol. The van der Waals surface area contributed by atoms with Gasteiger partial charge in [0.1, 0.15) is 29.1 Å². The van der Waals surface area contributed by atoms with Gasteiger partial charge in [-0.1, -0.05) is 6.08 Å². The first-order valence-electron chi connectivity index (χ1n) is 15.6. The van der Waals surface area contributed by atoms with Crippen molar-refractivity contribution < 1.29 is 36.2 Å². The zero-order chi connectivity index (χ0) is 33.6. The standard InChI is InChI=1S/C33H35F5N6O3/c1-5-32(8-9-46-14-32)43-29(45)25-15(2)22-23-28(40-25)44-13-31(4)7-6-21(42-31)27(44)16(3)47-30(23)41-26(24(22)35)18-10-17(39)11-20(34)19(18)12-33(36,37)38/h5,10-11,16,21,27,42H,1,6-9,12-14,39H2,2-4H3,(H,43,45)/t16-,21-,27+,31+,32-/m0/s1. The van der Waals surface area contributed by atoms with E-state index >= 15 is 8.78 Å². The van der Waals surface area contributed by atoms with Crippen molar-refractivity contribution in [3.8, 4) is 17.1 Å². The summed E-state index contributed by atoms with van der Waals surface area (Å²) in [6.07, 6.45) is -3.25. The number of ether oxygens (including phenoxy) is 2. The third kappa shape index (κ3) is 5.16. The number of carbonyl (C=O) groups is 1. The zero-order valence-electron chi connectivity index (χ0n) is 26.2. The van der Waals surface area contributed by atoms with Gasteiger partial charge in [0, 0.05) is 46.9 Å². The first kappa shape index (κ1) is 31.6. The van der Waals surface area contributed by atoms with Gasteiger partial charge < -0.3 is 30.7 Å². The van der Waals surface area contributed by atoms with E-state index in [4.69, 9.17) is 20.2 Å². The summed E-state index contributed by atoms with van der Waals surface area (Å²) in [6.45, 7) is 10.4. The SMILES string of the molecule is C=C[C@]1(NC(=O)c2nc3c4c(nc(-c5cc(N)cc(F)c5CC(F)(F)F)c(F)c4c2C)O[C@@H](C)[C@@H]2[C@@H]4CC[C@](C)(CN32)N4)CCOC1. The van der Waals surface area contributed by atoms with Crippen molar-refractivity contribution >= 4 is 28.2 Å². The molecular weight excluding hydrogens is 623 g/mol. The van der Waals surface area contributed by atoms with Gasteiger partial charge in [0.25, 0.3) is 5.91 Å².